The van der Waals surface area contributed by atoms with E-state index in [1.54, 1.807) is 0 Å². The highest BCUT2D eigenvalue weighted by molar-refractivity contribution is 5.20. The molecule has 0 bridgehead atoms. The van der Waals surface area contributed by atoms with Crippen molar-refractivity contribution in [3.8, 4) is 0 Å². The van der Waals surface area contributed by atoms with Gasteiger partial charge in [-0.05, 0) is 0 Å². The van der Waals surface area contributed by atoms with Crippen molar-refractivity contribution < 1.29 is 15.1 Å². The summed E-state index contributed by atoms with van der Waals surface area (Å²) in [7, 11) is 0. The van der Waals surface area contributed by atoms with E-state index >= 15 is 0 Å². The Hall–Kier alpha value is -0.700. The van der Waals surface area contributed by atoms with E-state index < -0.39 is 0 Å². The van der Waals surface area contributed by atoms with Gasteiger partial charge in [0, 0.05) is 0 Å². The standard InChI is InChI=1S/C6H14.CO2.H3N.H2O/c1-3-5-6-4-2;2-1-3;;/h3-6H2,1-2H3;;1H3;1H2. The average molecular weight is 165 g/mol. The van der Waals surface area contributed by atoms with Crippen LogP contribution in [0.4, 0.5) is 0 Å². The Labute approximate surface area is 67.9 Å². The van der Waals surface area contributed by atoms with Crippen LogP contribution in [0.2, 0.25) is 0 Å². The van der Waals surface area contributed by atoms with E-state index in [1.807, 2.05) is 0 Å². The molecule has 0 unspecified atom stereocenters. The van der Waals surface area contributed by atoms with Crippen LogP contribution in [0.5, 0.6) is 0 Å². The van der Waals surface area contributed by atoms with Gasteiger partial charge in [0.1, 0.15) is 0 Å². The molecule has 0 aliphatic carbocycles. The molecule has 0 spiro atoms. The summed E-state index contributed by atoms with van der Waals surface area (Å²) in [6.07, 6.45) is 5.79. The molecule has 4 nitrogen and oxygen atoms in total. The molecule has 0 fully saturated rings. The molecule has 0 aliphatic heterocycles. The van der Waals surface area contributed by atoms with Crippen molar-refractivity contribution in [2.24, 2.45) is 0 Å². The molecule has 11 heavy (non-hydrogen) atoms. The molecule has 5 N–H and O–H groups in total. The van der Waals surface area contributed by atoms with E-state index in [1.165, 1.54) is 25.7 Å². The Morgan fingerprint density at radius 2 is 1.18 bits per heavy atom. The Bertz CT molecular complexity index is 66.1. The maximum Gasteiger partial charge on any atom is 0.373 e. The summed E-state index contributed by atoms with van der Waals surface area (Å²) in [5.41, 5.74) is 0. The van der Waals surface area contributed by atoms with Crippen LogP contribution < -0.4 is 6.15 Å². The Morgan fingerprint density at radius 3 is 1.27 bits per heavy atom. The van der Waals surface area contributed by atoms with Crippen LogP contribution in [0.3, 0.4) is 0 Å². The third-order valence-corrected chi connectivity index (χ3v) is 0.957. The first kappa shape index (κ1) is 22.4. The lowest BCUT2D eigenvalue weighted by Gasteiger charge is -1.86. The van der Waals surface area contributed by atoms with Gasteiger partial charge in [-0.3, -0.25) is 0 Å². The number of hydrogen-bond donors (Lipinski definition) is 1. The monoisotopic (exact) mass is 165 g/mol. The highest BCUT2D eigenvalue weighted by Gasteiger charge is 1.75. The highest BCUT2D eigenvalue weighted by atomic mass is 16.2. The van der Waals surface area contributed by atoms with Gasteiger partial charge in [-0.25, -0.2) is 0 Å². The summed E-state index contributed by atoms with van der Waals surface area (Å²) >= 11 is 0. The lowest BCUT2D eigenvalue weighted by molar-refractivity contribution is -0.191. The molecule has 0 radical (unpaired) electrons. The van der Waals surface area contributed by atoms with Crippen molar-refractivity contribution in [3.05, 3.63) is 0 Å². The van der Waals surface area contributed by atoms with Gasteiger partial charge in [-0.2, -0.15) is 9.59 Å². The maximum atomic E-state index is 8.12. The lowest BCUT2D eigenvalue weighted by Crippen LogP contribution is -1.66. The molecular formula is C7H19NO3. The van der Waals surface area contributed by atoms with E-state index in [4.69, 9.17) is 9.59 Å². The van der Waals surface area contributed by atoms with Crippen molar-refractivity contribution in [1.29, 1.82) is 0 Å². The fourth-order valence-corrected chi connectivity index (χ4v) is 0.500. The minimum absolute atomic E-state index is 0. The van der Waals surface area contributed by atoms with Gasteiger partial charge in [0.05, 0.1) is 0 Å². The van der Waals surface area contributed by atoms with E-state index in [0.717, 1.165) is 0 Å². The quantitative estimate of drug-likeness (QED) is 0.638. The number of carbonyl (C=O) groups excluding carboxylic acids is 2. The van der Waals surface area contributed by atoms with Crippen LogP contribution in [0.15, 0.2) is 0 Å². The smallest absolute Gasteiger partial charge is 0.373 e. The van der Waals surface area contributed by atoms with Gasteiger partial charge >= 0.3 is 6.15 Å². The van der Waals surface area contributed by atoms with Crippen LogP contribution in [-0.4, -0.2) is 11.6 Å². The fraction of sp³-hybridized carbons (Fsp3) is 0.857. The second kappa shape index (κ2) is 34.6. The molecule has 0 aromatic rings. The number of rotatable bonds is 3. The lowest BCUT2D eigenvalue weighted by atomic mass is 10.2. The molecule has 0 aromatic heterocycles. The number of unbranched alkanes of at least 4 members (excludes halogenated alkanes) is 3. The van der Waals surface area contributed by atoms with Crippen molar-refractivity contribution >= 4 is 6.15 Å². The normalized spacial score (nSPS) is 5.64. The minimum Gasteiger partial charge on any atom is -0.412 e. The van der Waals surface area contributed by atoms with E-state index in [-0.39, 0.29) is 17.8 Å². The molecule has 4 heteroatoms. The summed E-state index contributed by atoms with van der Waals surface area (Å²) in [6.45, 7) is 4.46. The van der Waals surface area contributed by atoms with Crippen molar-refractivity contribution in [3.63, 3.8) is 0 Å². The van der Waals surface area contributed by atoms with E-state index in [9.17, 15) is 0 Å². The predicted octanol–water partition coefficient (Wildman–Crippen LogP) is 1.34. The fourth-order valence-electron chi connectivity index (χ4n) is 0.500. The Kier molecular flexibility index (Phi) is 70.7. The van der Waals surface area contributed by atoms with Crippen molar-refractivity contribution in [1.82, 2.24) is 6.15 Å². The molecule has 70 valence electrons. The zero-order valence-electron chi connectivity index (χ0n) is 7.35. The van der Waals surface area contributed by atoms with Crippen LogP contribution in [0, 0.1) is 0 Å². The molecule has 0 saturated carbocycles. The minimum atomic E-state index is 0. The Balaban J connectivity index is -0.0000000437. The molecule has 0 atom stereocenters. The van der Waals surface area contributed by atoms with Gasteiger partial charge in [0.2, 0.25) is 0 Å². The maximum absolute atomic E-state index is 8.12. The third kappa shape index (κ3) is 93.7. The summed E-state index contributed by atoms with van der Waals surface area (Å²) in [5, 5.41) is 0. The predicted molar refractivity (Wildman–Crippen MR) is 43.5 cm³/mol. The van der Waals surface area contributed by atoms with Crippen LogP contribution >= 0.6 is 0 Å². The zero-order chi connectivity index (χ0) is 7.54. The first-order chi connectivity index (χ1) is 4.33. The molecule has 0 amide bonds. The molecular weight excluding hydrogens is 146 g/mol. The summed E-state index contributed by atoms with van der Waals surface area (Å²) in [5.74, 6) is 0. The van der Waals surface area contributed by atoms with Gasteiger partial charge in [0.15, 0.2) is 0 Å². The zero-order valence-corrected chi connectivity index (χ0v) is 7.35. The van der Waals surface area contributed by atoms with Crippen LogP contribution in [0.25, 0.3) is 0 Å². The first-order valence-corrected chi connectivity index (χ1v) is 3.32. The van der Waals surface area contributed by atoms with Crippen LogP contribution in [-0.2, 0) is 9.59 Å². The molecule has 0 saturated heterocycles. The SMILES string of the molecule is CCCCCC.N.O.O=C=O. The molecule has 0 heterocycles. The van der Waals surface area contributed by atoms with Gasteiger partial charge in [-0.1, -0.05) is 39.5 Å². The molecule has 0 rings (SSSR count). The summed E-state index contributed by atoms with van der Waals surface area (Å²) < 4.78 is 0. The highest BCUT2D eigenvalue weighted by Crippen LogP contribution is 1.95. The molecule has 0 aliphatic rings. The van der Waals surface area contributed by atoms with Crippen molar-refractivity contribution in [2.75, 3.05) is 0 Å². The second-order valence-corrected chi connectivity index (χ2v) is 1.79. The van der Waals surface area contributed by atoms with Gasteiger partial charge < -0.3 is 11.6 Å². The van der Waals surface area contributed by atoms with E-state index in [0.29, 0.717) is 0 Å². The average Bonchev–Trinajstić information content (AvgIpc) is 1.86. The van der Waals surface area contributed by atoms with Crippen molar-refractivity contribution in [2.45, 2.75) is 39.5 Å². The number of hydrogen-bond acceptors (Lipinski definition) is 3. The summed E-state index contributed by atoms with van der Waals surface area (Å²) in [6, 6.07) is 0. The second-order valence-electron chi connectivity index (χ2n) is 1.79. The van der Waals surface area contributed by atoms with Crippen LogP contribution in [0.1, 0.15) is 39.5 Å². The first-order valence-electron chi connectivity index (χ1n) is 3.32. The Morgan fingerprint density at radius 1 is 1.00 bits per heavy atom. The van der Waals surface area contributed by atoms with Gasteiger partial charge in [-0.15, -0.1) is 0 Å². The topological polar surface area (TPSA) is 101 Å². The van der Waals surface area contributed by atoms with Gasteiger partial charge in [0.25, 0.3) is 0 Å². The largest absolute Gasteiger partial charge is 0.412 e. The van der Waals surface area contributed by atoms with E-state index in [2.05, 4.69) is 13.8 Å². The third-order valence-electron chi connectivity index (χ3n) is 0.957. The molecule has 0 aromatic carbocycles. The summed E-state index contributed by atoms with van der Waals surface area (Å²) in [4.78, 5) is 16.2.